The number of likely N-dealkylation sites (N-methyl/N-ethyl adjacent to an activating group) is 2. The van der Waals surface area contributed by atoms with Crippen molar-refractivity contribution in [3.05, 3.63) is 29.8 Å². The van der Waals surface area contributed by atoms with E-state index in [1.54, 1.807) is 7.11 Å². The summed E-state index contributed by atoms with van der Waals surface area (Å²) < 4.78 is 5.51. The van der Waals surface area contributed by atoms with Crippen molar-refractivity contribution in [3.8, 4) is 5.75 Å². The van der Waals surface area contributed by atoms with Gasteiger partial charge < -0.3 is 15.0 Å². The SMILES string of the molecule is CCC1CN(CC(NC)c2ccccc2OC)CCN1C. The first-order valence-corrected chi connectivity index (χ1v) is 7.92. The molecule has 1 aromatic carbocycles. The average molecular weight is 291 g/mol. The number of nitrogens with zero attached hydrogens (tertiary/aromatic N) is 2. The van der Waals surface area contributed by atoms with Crippen LogP contribution in [0.3, 0.4) is 0 Å². The van der Waals surface area contributed by atoms with Gasteiger partial charge in [-0.3, -0.25) is 4.90 Å². The standard InChI is InChI=1S/C17H29N3O/c1-5-14-12-20(11-10-19(14)3)13-16(18-2)15-8-6-7-9-17(15)21-4/h6-9,14,16,18H,5,10-13H2,1-4H3. The van der Waals surface area contributed by atoms with Crippen molar-refractivity contribution in [2.75, 3.05) is 47.4 Å². The minimum Gasteiger partial charge on any atom is -0.496 e. The highest BCUT2D eigenvalue weighted by molar-refractivity contribution is 5.36. The lowest BCUT2D eigenvalue weighted by Crippen LogP contribution is -2.52. The van der Waals surface area contributed by atoms with Crippen LogP contribution in [0.1, 0.15) is 24.9 Å². The summed E-state index contributed by atoms with van der Waals surface area (Å²) in [6, 6.07) is 9.29. The number of hydrogen-bond donors (Lipinski definition) is 1. The van der Waals surface area contributed by atoms with Gasteiger partial charge in [0.2, 0.25) is 0 Å². The fourth-order valence-corrected chi connectivity index (χ4v) is 3.17. The molecule has 0 aromatic heterocycles. The van der Waals surface area contributed by atoms with Gasteiger partial charge in [-0.25, -0.2) is 0 Å². The topological polar surface area (TPSA) is 27.7 Å². The lowest BCUT2D eigenvalue weighted by molar-refractivity contribution is 0.0863. The van der Waals surface area contributed by atoms with Crippen molar-refractivity contribution in [2.24, 2.45) is 0 Å². The van der Waals surface area contributed by atoms with E-state index in [2.05, 4.69) is 41.2 Å². The molecule has 0 spiro atoms. The van der Waals surface area contributed by atoms with Crippen molar-refractivity contribution in [2.45, 2.75) is 25.4 Å². The van der Waals surface area contributed by atoms with E-state index in [1.807, 2.05) is 19.2 Å². The summed E-state index contributed by atoms with van der Waals surface area (Å²) in [5, 5.41) is 3.45. The first kappa shape index (κ1) is 16.3. The minimum absolute atomic E-state index is 0.307. The molecule has 2 unspecified atom stereocenters. The zero-order valence-corrected chi connectivity index (χ0v) is 13.8. The number of para-hydroxylation sites is 1. The Hall–Kier alpha value is -1.10. The van der Waals surface area contributed by atoms with Crippen LogP contribution in [0.5, 0.6) is 5.75 Å². The van der Waals surface area contributed by atoms with E-state index in [0.29, 0.717) is 12.1 Å². The molecule has 2 atom stereocenters. The van der Waals surface area contributed by atoms with E-state index in [1.165, 1.54) is 12.0 Å². The number of methoxy groups -OCH3 is 1. The highest BCUT2D eigenvalue weighted by Crippen LogP contribution is 2.26. The predicted octanol–water partition coefficient (Wildman–Crippen LogP) is 1.98. The monoisotopic (exact) mass is 291 g/mol. The number of piperazine rings is 1. The maximum Gasteiger partial charge on any atom is 0.123 e. The Morgan fingerprint density at radius 1 is 1.33 bits per heavy atom. The molecule has 0 saturated carbocycles. The number of benzene rings is 1. The first-order chi connectivity index (χ1) is 10.2. The van der Waals surface area contributed by atoms with Crippen molar-refractivity contribution in [1.82, 2.24) is 15.1 Å². The molecule has 118 valence electrons. The van der Waals surface area contributed by atoms with Crippen molar-refractivity contribution in [3.63, 3.8) is 0 Å². The van der Waals surface area contributed by atoms with Gasteiger partial charge in [-0.15, -0.1) is 0 Å². The molecule has 21 heavy (non-hydrogen) atoms. The molecule has 1 heterocycles. The molecule has 1 aliphatic heterocycles. The highest BCUT2D eigenvalue weighted by Gasteiger charge is 2.25. The second-order valence-electron chi connectivity index (χ2n) is 5.89. The maximum atomic E-state index is 5.51. The van der Waals surface area contributed by atoms with Crippen LogP contribution in [0.2, 0.25) is 0 Å². The lowest BCUT2D eigenvalue weighted by Gasteiger charge is -2.40. The van der Waals surface area contributed by atoms with Gasteiger partial charge in [0, 0.05) is 43.8 Å². The Kier molecular flexibility index (Phi) is 6.03. The second-order valence-corrected chi connectivity index (χ2v) is 5.89. The molecule has 1 fully saturated rings. The average Bonchev–Trinajstić information content (AvgIpc) is 2.54. The Balaban J connectivity index is 2.05. The Labute approximate surface area is 129 Å². The molecular formula is C17H29N3O. The van der Waals surface area contributed by atoms with Crippen molar-refractivity contribution in [1.29, 1.82) is 0 Å². The van der Waals surface area contributed by atoms with E-state index in [4.69, 9.17) is 4.74 Å². The highest BCUT2D eigenvalue weighted by atomic mass is 16.5. The number of rotatable bonds is 6. The summed E-state index contributed by atoms with van der Waals surface area (Å²) in [5.74, 6) is 0.970. The summed E-state index contributed by atoms with van der Waals surface area (Å²) >= 11 is 0. The molecule has 1 N–H and O–H groups in total. The zero-order valence-electron chi connectivity index (χ0n) is 13.8. The van der Waals surface area contributed by atoms with E-state index in [0.717, 1.165) is 31.9 Å². The fourth-order valence-electron chi connectivity index (χ4n) is 3.17. The molecule has 0 bridgehead atoms. The molecule has 0 radical (unpaired) electrons. The summed E-state index contributed by atoms with van der Waals surface area (Å²) in [5.41, 5.74) is 1.24. The Bertz CT molecular complexity index is 438. The van der Waals surface area contributed by atoms with Crippen LogP contribution in [0.15, 0.2) is 24.3 Å². The Morgan fingerprint density at radius 2 is 2.10 bits per heavy atom. The van der Waals surface area contributed by atoms with Gasteiger partial charge in [-0.05, 0) is 26.6 Å². The second kappa shape index (κ2) is 7.78. The van der Waals surface area contributed by atoms with Crippen LogP contribution in [-0.4, -0.2) is 63.2 Å². The van der Waals surface area contributed by atoms with Gasteiger partial charge in [0.15, 0.2) is 0 Å². The van der Waals surface area contributed by atoms with Crippen LogP contribution < -0.4 is 10.1 Å². The Morgan fingerprint density at radius 3 is 2.76 bits per heavy atom. The van der Waals surface area contributed by atoms with Crippen LogP contribution in [-0.2, 0) is 0 Å². The summed E-state index contributed by atoms with van der Waals surface area (Å²) in [6.45, 7) is 6.75. The lowest BCUT2D eigenvalue weighted by atomic mass is 10.0. The molecule has 1 aliphatic rings. The van der Waals surface area contributed by atoms with Crippen molar-refractivity contribution >= 4 is 0 Å². The third-order valence-corrected chi connectivity index (χ3v) is 4.64. The third kappa shape index (κ3) is 3.96. The predicted molar refractivity (Wildman–Crippen MR) is 87.9 cm³/mol. The van der Waals surface area contributed by atoms with Gasteiger partial charge in [0.25, 0.3) is 0 Å². The molecule has 4 nitrogen and oxygen atoms in total. The van der Waals surface area contributed by atoms with Gasteiger partial charge in [-0.2, -0.15) is 0 Å². The summed E-state index contributed by atoms with van der Waals surface area (Å²) in [7, 11) is 6.01. The summed E-state index contributed by atoms with van der Waals surface area (Å²) in [6.07, 6.45) is 1.21. The van der Waals surface area contributed by atoms with Gasteiger partial charge in [0.05, 0.1) is 7.11 Å². The molecule has 2 rings (SSSR count). The minimum atomic E-state index is 0.307. The van der Waals surface area contributed by atoms with Crippen LogP contribution in [0.4, 0.5) is 0 Å². The number of nitrogens with one attached hydrogen (secondary N) is 1. The van der Waals surface area contributed by atoms with E-state index in [-0.39, 0.29) is 0 Å². The third-order valence-electron chi connectivity index (χ3n) is 4.64. The zero-order chi connectivity index (χ0) is 15.2. The number of ether oxygens (including phenoxy) is 1. The van der Waals surface area contributed by atoms with Crippen LogP contribution in [0, 0.1) is 0 Å². The molecule has 4 heteroatoms. The normalized spacial score (nSPS) is 22.2. The quantitative estimate of drug-likeness (QED) is 0.867. The van der Waals surface area contributed by atoms with E-state index < -0.39 is 0 Å². The van der Waals surface area contributed by atoms with Gasteiger partial charge in [-0.1, -0.05) is 25.1 Å². The van der Waals surface area contributed by atoms with Crippen LogP contribution >= 0.6 is 0 Å². The van der Waals surface area contributed by atoms with E-state index >= 15 is 0 Å². The molecule has 1 aromatic rings. The van der Waals surface area contributed by atoms with E-state index in [9.17, 15) is 0 Å². The fraction of sp³-hybridized carbons (Fsp3) is 0.647. The van der Waals surface area contributed by atoms with Crippen molar-refractivity contribution < 1.29 is 4.74 Å². The molecular weight excluding hydrogens is 262 g/mol. The van der Waals surface area contributed by atoms with Gasteiger partial charge in [0.1, 0.15) is 5.75 Å². The number of hydrogen-bond acceptors (Lipinski definition) is 4. The maximum absolute atomic E-state index is 5.51. The smallest absolute Gasteiger partial charge is 0.123 e. The van der Waals surface area contributed by atoms with Crippen LogP contribution in [0.25, 0.3) is 0 Å². The molecule has 1 saturated heterocycles. The summed E-state index contributed by atoms with van der Waals surface area (Å²) in [4.78, 5) is 5.05. The largest absolute Gasteiger partial charge is 0.496 e. The molecule has 0 amide bonds. The first-order valence-electron chi connectivity index (χ1n) is 7.92. The van der Waals surface area contributed by atoms with Gasteiger partial charge >= 0.3 is 0 Å². The molecule has 0 aliphatic carbocycles.